The number of aliphatic hydroxyl groups excluding tert-OH is 3. The van der Waals surface area contributed by atoms with Gasteiger partial charge in [-0.05, 0) is 18.8 Å². The van der Waals surface area contributed by atoms with Crippen molar-refractivity contribution in [2.45, 2.75) is 31.3 Å². The summed E-state index contributed by atoms with van der Waals surface area (Å²) in [5.41, 5.74) is 0. The summed E-state index contributed by atoms with van der Waals surface area (Å²) in [6, 6.07) is 0. The van der Waals surface area contributed by atoms with Crippen molar-refractivity contribution in [2.75, 3.05) is 6.61 Å². The maximum Gasteiger partial charge on any atom is 0.160 e. The highest BCUT2D eigenvalue weighted by molar-refractivity contribution is 4.93. The van der Waals surface area contributed by atoms with Crippen molar-refractivity contribution >= 4 is 0 Å². The van der Waals surface area contributed by atoms with E-state index >= 15 is 0 Å². The third kappa shape index (κ3) is 1.15. The number of rotatable bonds is 0. The molecule has 2 fully saturated rings. The van der Waals surface area contributed by atoms with Crippen LogP contribution in [0.4, 0.5) is 0 Å². The quantitative estimate of drug-likeness (QED) is 0.444. The first-order chi connectivity index (χ1) is 5.70. The average Bonchev–Trinajstić information content (AvgIpc) is 2.29. The fraction of sp³-hybridized carbons (Fsp3) is 1.00. The lowest BCUT2D eigenvalue weighted by Gasteiger charge is -2.32. The van der Waals surface area contributed by atoms with Gasteiger partial charge in [0.1, 0.15) is 0 Å². The van der Waals surface area contributed by atoms with E-state index in [1.807, 2.05) is 0 Å². The van der Waals surface area contributed by atoms with Crippen LogP contribution in [0.3, 0.4) is 0 Å². The van der Waals surface area contributed by atoms with Crippen molar-refractivity contribution in [3.63, 3.8) is 0 Å². The van der Waals surface area contributed by atoms with Crippen LogP contribution in [-0.2, 0) is 4.74 Å². The number of aliphatic hydroxyl groups is 3. The zero-order chi connectivity index (χ0) is 8.72. The molecule has 3 N–H and O–H groups in total. The SMILES string of the molecule is OC1CC(O)C2C(O)OCCC12. The van der Waals surface area contributed by atoms with Crippen LogP contribution in [0.1, 0.15) is 12.8 Å². The van der Waals surface area contributed by atoms with E-state index < -0.39 is 18.5 Å². The molecule has 0 bridgehead atoms. The topological polar surface area (TPSA) is 69.9 Å². The van der Waals surface area contributed by atoms with Crippen molar-refractivity contribution in [1.29, 1.82) is 0 Å². The van der Waals surface area contributed by atoms with Gasteiger partial charge in [-0.1, -0.05) is 0 Å². The van der Waals surface area contributed by atoms with Crippen LogP contribution in [0.2, 0.25) is 0 Å². The third-order valence-corrected chi connectivity index (χ3v) is 2.98. The average molecular weight is 174 g/mol. The highest BCUT2D eigenvalue weighted by Gasteiger charge is 2.47. The standard InChI is InChI=1S/C8H14O4/c9-5-3-6(10)7-4(5)1-2-12-8(7)11/h4-11H,1-3H2. The summed E-state index contributed by atoms with van der Waals surface area (Å²) in [6.45, 7) is 0.478. The summed E-state index contributed by atoms with van der Waals surface area (Å²) < 4.78 is 4.99. The monoisotopic (exact) mass is 174 g/mol. The van der Waals surface area contributed by atoms with Crippen molar-refractivity contribution in [1.82, 2.24) is 0 Å². The summed E-state index contributed by atoms with van der Waals surface area (Å²) in [5, 5.41) is 28.3. The molecule has 1 saturated heterocycles. The predicted molar refractivity (Wildman–Crippen MR) is 40.2 cm³/mol. The van der Waals surface area contributed by atoms with E-state index in [4.69, 9.17) is 4.74 Å². The Morgan fingerprint density at radius 1 is 1.08 bits per heavy atom. The molecular formula is C8H14O4. The Kier molecular flexibility index (Phi) is 2.08. The number of ether oxygens (including phenoxy) is 1. The van der Waals surface area contributed by atoms with Gasteiger partial charge in [-0.15, -0.1) is 0 Å². The Morgan fingerprint density at radius 2 is 1.83 bits per heavy atom. The molecule has 0 aromatic rings. The van der Waals surface area contributed by atoms with Crippen LogP contribution in [-0.4, -0.2) is 40.4 Å². The molecule has 0 aromatic heterocycles. The van der Waals surface area contributed by atoms with Crippen LogP contribution >= 0.6 is 0 Å². The first kappa shape index (κ1) is 8.44. The maximum absolute atomic E-state index is 9.49. The molecule has 4 nitrogen and oxygen atoms in total. The van der Waals surface area contributed by atoms with Crippen LogP contribution < -0.4 is 0 Å². The van der Waals surface area contributed by atoms with Gasteiger partial charge in [0.15, 0.2) is 6.29 Å². The van der Waals surface area contributed by atoms with Crippen LogP contribution in [0.5, 0.6) is 0 Å². The van der Waals surface area contributed by atoms with Crippen molar-refractivity contribution in [2.24, 2.45) is 11.8 Å². The van der Waals surface area contributed by atoms with Crippen molar-refractivity contribution in [3.05, 3.63) is 0 Å². The normalized spacial score (nSPS) is 53.8. The molecule has 1 heterocycles. The van der Waals surface area contributed by atoms with E-state index in [0.717, 1.165) is 6.42 Å². The van der Waals surface area contributed by atoms with Crippen LogP contribution in [0, 0.1) is 11.8 Å². The van der Waals surface area contributed by atoms with Crippen molar-refractivity contribution in [3.8, 4) is 0 Å². The predicted octanol–water partition coefficient (Wildman–Crippen LogP) is -0.917. The van der Waals surface area contributed by atoms with Gasteiger partial charge in [0.05, 0.1) is 18.8 Å². The Labute approximate surface area is 70.8 Å². The van der Waals surface area contributed by atoms with Gasteiger partial charge in [-0.3, -0.25) is 0 Å². The second-order valence-corrected chi connectivity index (χ2v) is 3.66. The van der Waals surface area contributed by atoms with Gasteiger partial charge in [0.25, 0.3) is 0 Å². The van der Waals surface area contributed by atoms with Crippen LogP contribution in [0.15, 0.2) is 0 Å². The van der Waals surface area contributed by atoms with E-state index in [1.165, 1.54) is 0 Å². The molecule has 70 valence electrons. The number of hydrogen-bond donors (Lipinski definition) is 3. The first-order valence-corrected chi connectivity index (χ1v) is 4.36. The molecule has 0 aromatic carbocycles. The number of fused-ring (bicyclic) bond motifs is 1. The van der Waals surface area contributed by atoms with E-state index in [1.54, 1.807) is 0 Å². The lowest BCUT2D eigenvalue weighted by Crippen LogP contribution is -2.40. The molecule has 2 rings (SSSR count). The fourth-order valence-corrected chi connectivity index (χ4v) is 2.34. The van der Waals surface area contributed by atoms with Gasteiger partial charge in [-0.2, -0.15) is 0 Å². The van der Waals surface area contributed by atoms with Gasteiger partial charge >= 0.3 is 0 Å². The molecule has 0 amide bonds. The van der Waals surface area contributed by atoms with E-state index in [2.05, 4.69) is 0 Å². The summed E-state index contributed by atoms with van der Waals surface area (Å²) in [4.78, 5) is 0. The molecular weight excluding hydrogens is 160 g/mol. The third-order valence-electron chi connectivity index (χ3n) is 2.98. The van der Waals surface area contributed by atoms with E-state index in [-0.39, 0.29) is 11.8 Å². The maximum atomic E-state index is 9.49. The minimum absolute atomic E-state index is 0.0174. The molecule has 12 heavy (non-hydrogen) atoms. The molecule has 5 unspecified atom stereocenters. The molecule has 5 atom stereocenters. The molecule has 0 spiro atoms. The minimum atomic E-state index is -0.893. The number of hydrogen-bond acceptors (Lipinski definition) is 4. The Bertz CT molecular complexity index is 168. The smallest absolute Gasteiger partial charge is 0.160 e. The lowest BCUT2D eigenvalue weighted by molar-refractivity contribution is -0.192. The zero-order valence-electron chi connectivity index (χ0n) is 6.76. The fourth-order valence-electron chi connectivity index (χ4n) is 2.34. The van der Waals surface area contributed by atoms with Gasteiger partial charge in [0, 0.05) is 5.92 Å². The zero-order valence-corrected chi connectivity index (χ0v) is 6.76. The molecule has 4 heteroatoms. The molecule has 2 aliphatic rings. The summed E-state index contributed by atoms with van der Waals surface area (Å²) in [6.07, 6.45) is -0.866. The van der Waals surface area contributed by atoms with Gasteiger partial charge < -0.3 is 20.1 Å². The molecule has 0 radical (unpaired) electrons. The van der Waals surface area contributed by atoms with E-state index in [9.17, 15) is 15.3 Å². The summed E-state index contributed by atoms with van der Waals surface area (Å²) in [5.74, 6) is -0.266. The van der Waals surface area contributed by atoms with E-state index in [0.29, 0.717) is 13.0 Å². The summed E-state index contributed by atoms with van der Waals surface area (Å²) >= 11 is 0. The van der Waals surface area contributed by atoms with Gasteiger partial charge in [0.2, 0.25) is 0 Å². The van der Waals surface area contributed by atoms with Crippen molar-refractivity contribution < 1.29 is 20.1 Å². The molecule has 1 aliphatic carbocycles. The minimum Gasteiger partial charge on any atom is -0.393 e. The molecule has 1 aliphatic heterocycles. The Balaban J connectivity index is 2.13. The highest BCUT2D eigenvalue weighted by atomic mass is 16.6. The lowest BCUT2D eigenvalue weighted by atomic mass is 9.88. The largest absolute Gasteiger partial charge is 0.393 e. The summed E-state index contributed by atoms with van der Waals surface area (Å²) in [7, 11) is 0. The van der Waals surface area contributed by atoms with Gasteiger partial charge in [-0.25, -0.2) is 0 Å². The molecule has 1 saturated carbocycles. The van der Waals surface area contributed by atoms with Crippen LogP contribution in [0.25, 0.3) is 0 Å². The Morgan fingerprint density at radius 3 is 2.50 bits per heavy atom. The first-order valence-electron chi connectivity index (χ1n) is 4.36. The Hall–Kier alpha value is -0.160. The second kappa shape index (κ2) is 2.96. The highest BCUT2D eigenvalue weighted by Crippen LogP contribution is 2.39. The second-order valence-electron chi connectivity index (χ2n) is 3.66.